The van der Waals surface area contributed by atoms with E-state index >= 15 is 0 Å². The Morgan fingerprint density at radius 1 is 1.04 bits per heavy atom. The molecule has 0 aliphatic carbocycles. The lowest BCUT2D eigenvalue weighted by atomic mass is 10.0. The van der Waals surface area contributed by atoms with Crippen LogP contribution in [0, 0.1) is 5.92 Å². The first-order valence-electron chi connectivity index (χ1n) is 8.92. The fraction of sp³-hybridized carbons (Fsp3) is 0.286. The van der Waals surface area contributed by atoms with Crippen molar-refractivity contribution in [3.05, 3.63) is 64.7 Å². The number of ether oxygens (including phenoxy) is 1. The first-order valence-corrected chi connectivity index (χ1v) is 10.3. The van der Waals surface area contributed by atoms with Crippen molar-refractivity contribution in [2.45, 2.75) is 24.8 Å². The van der Waals surface area contributed by atoms with E-state index in [1.54, 1.807) is 50.2 Å². The van der Waals surface area contributed by atoms with Crippen molar-refractivity contribution in [2.75, 3.05) is 12.4 Å². The molecule has 146 valence electrons. The van der Waals surface area contributed by atoms with Gasteiger partial charge in [-0.15, -0.1) is 11.8 Å². The Balaban J connectivity index is 1.62. The molecule has 2 amide bonds. The second kappa shape index (κ2) is 8.80. The number of imide groups is 1. The Bertz CT molecular complexity index is 863. The molecule has 0 spiro atoms. The molecule has 2 aromatic rings. The van der Waals surface area contributed by atoms with Gasteiger partial charge in [0.05, 0.1) is 11.1 Å². The van der Waals surface area contributed by atoms with Gasteiger partial charge in [-0.25, -0.2) is 4.79 Å². The van der Waals surface area contributed by atoms with Gasteiger partial charge in [0.25, 0.3) is 11.8 Å². The van der Waals surface area contributed by atoms with Crippen LogP contribution in [0.3, 0.4) is 0 Å². The summed E-state index contributed by atoms with van der Waals surface area (Å²) >= 11 is 7.39. The number of nitrogens with zero attached hydrogens (tertiary/aromatic N) is 1. The maximum atomic E-state index is 12.7. The van der Waals surface area contributed by atoms with Gasteiger partial charge in [-0.1, -0.05) is 37.6 Å². The van der Waals surface area contributed by atoms with Crippen LogP contribution in [-0.2, 0) is 9.53 Å². The number of esters is 1. The van der Waals surface area contributed by atoms with E-state index in [9.17, 15) is 14.4 Å². The zero-order chi connectivity index (χ0) is 20.3. The number of benzene rings is 2. The largest absolute Gasteiger partial charge is 0.463 e. The van der Waals surface area contributed by atoms with Crippen molar-refractivity contribution in [2.24, 2.45) is 5.92 Å². The van der Waals surface area contributed by atoms with Gasteiger partial charge < -0.3 is 4.74 Å². The van der Waals surface area contributed by atoms with Gasteiger partial charge in [0, 0.05) is 15.7 Å². The average Bonchev–Trinajstić information content (AvgIpc) is 2.92. The molecule has 0 saturated carbocycles. The monoisotopic (exact) mass is 417 g/mol. The molecule has 0 aromatic heterocycles. The van der Waals surface area contributed by atoms with Crippen LogP contribution in [0.1, 0.15) is 34.6 Å². The lowest BCUT2D eigenvalue weighted by Crippen LogP contribution is -2.48. The van der Waals surface area contributed by atoms with Crippen LogP contribution in [0.4, 0.5) is 0 Å². The summed E-state index contributed by atoms with van der Waals surface area (Å²) in [6, 6.07) is 13.0. The van der Waals surface area contributed by atoms with Gasteiger partial charge in [-0.05, 0) is 42.3 Å². The third-order valence-electron chi connectivity index (χ3n) is 4.39. The number of hydrogen-bond donors (Lipinski definition) is 0. The first kappa shape index (κ1) is 20.4. The lowest BCUT2D eigenvalue weighted by molar-refractivity contribution is -0.149. The zero-order valence-electron chi connectivity index (χ0n) is 15.6. The van der Waals surface area contributed by atoms with Crippen LogP contribution in [0.15, 0.2) is 53.4 Å². The minimum absolute atomic E-state index is 0.179. The fourth-order valence-electron chi connectivity index (χ4n) is 3.05. The van der Waals surface area contributed by atoms with E-state index in [-0.39, 0.29) is 12.5 Å². The van der Waals surface area contributed by atoms with Crippen LogP contribution >= 0.6 is 23.4 Å². The molecule has 0 N–H and O–H groups in total. The summed E-state index contributed by atoms with van der Waals surface area (Å²) in [6.07, 6.45) is 0. The highest BCUT2D eigenvalue weighted by Gasteiger charge is 2.44. The minimum Gasteiger partial charge on any atom is -0.463 e. The Morgan fingerprint density at radius 2 is 1.61 bits per heavy atom. The molecule has 0 unspecified atom stereocenters. The molecule has 0 bridgehead atoms. The Morgan fingerprint density at radius 3 is 2.14 bits per heavy atom. The molecule has 28 heavy (non-hydrogen) atoms. The van der Waals surface area contributed by atoms with Gasteiger partial charge in [-0.3, -0.25) is 14.5 Å². The van der Waals surface area contributed by atoms with Crippen LogP contribution in [0.2, 0.25) is 5.02 Å². The van der Waals surface area contributed by atoms with Gasteiger partial charge in [-0.2, -0.15) is 0 Å². The highest BCUT2D eigenvalue weighted by molar-refractivity contribution is 7.99. The third-order valence-corrected chi connectivity index (χ3v) is 5.61. The predicted molar refractivity (Wildman–Crippen MR) is 109 cm³/mol. The number of rotatable bonds is 7. The third kappa shape index (κ3) is 4.23. The van der Waals surface area contributed by atoms with E-state index in [1.165, 1.54) is 11.8 Å². The maximum Gasteiger partial charge on any atom is 0.329 e. The molecule has 5 nitrogen and oxygen atoms in total. The van der Waals surface area contributed by atoms with Gasteiger partial charge in [0.2, 0.25) is 0 Å². The van der Waals surface area contributed by atoms with E-state index in [0.717, 1.165) is 9.80 Å². The van der Waals surface area contributed by atoms with Crippen LogP contribution < -0.4 is 0 Å². The summed E-state index contributed by atoms with van der Waals surface area (Å²) in [5.41, 5.74) is 0.647. The Labute approximate surface area is 173 Å². The molecule has 1 aliphatic rings. The average molecular weight is 418 g/mol. The zero-order valence-corrected chi connectivity index (χ0v) is 17.1. The smallest absolute Gasteiger partial charge is 0.329 e. The van der Waals surface area contributed by atoms with Crippen LogP contribution in [0.25, 0.3) is 0 Å². The van der Waals surface area contributed by atoms with Crippen molar-refractivity contribution < 1.29 is 19.1 Å². The topological polar surface area (TPSA) is 63.7 Å². The second-order valence-electron chi connectivity index (χ2n) is 6.68. The quantitative estimate of drug-likeness (QED) is 0.291. The molecule has 0 fully saturated rings. The number of halogens is 1. The lowest BCUT2D eigenvalue weighted by Gasteiger charge is -2.27. The highest BCUT2D eigenvalue weighted by Crippen LogP contribution is 2.28. The van der Waals surface area contributed by atoms with Gasteiger partial charge in [0.1, 0.15) is 12.6 Å². The number of amides is 2. The van der Waals surface area contributed by atoms with Gasteiger partial charge >= 0.3 is 5.97 Å². The Kier molecular flexibility index (Phi) is 6.42. The summed E-state index contributed by atoms with van der Waals surface area (Å²) in [5.74, 6) is -1.18. The molecular formula is C21H20ClNO4S. The second-order valence-corrected chi connectivity index (χ2v) is 8.29. The first-order chi connectivity index (χ1) is 13.4. The molecular weight excluding hydrogens is 398 g/mol. The summed E-state index contributed by atoms with van der Waals surface area (Å²) in [5, 5.41) is 0.663. The number of hydrogen-bond acceptors (Lipinski definition) is 5. The van der Waals surface area contributed by atoms with E-state index in [4.69, 9.17) is 16.3 Å². The number of thioether (sulfide) groups is 1. The summed E-state index contributed by atoms with van der Waals surface area (Å²) in [6.45, 7) is 3.76. The molecule has 1 aliphatic heterocycles. The van der Waals surface area contributed by atoms with Crippen LogP contribution in [0.5, 0.6) is 0 Å². The van der Waals surface area contributed by atoms with E-state index in [2.05, 4.69) is 0 Å². The van der Waals surface area contributed by atoms with Gasteiger partial charge in [0.15, 0.2) is 0 Å². The summed E-state index contributed by atoms with van der Waals surface area (Å²) in [7, 11) is 0. The van der Waals surface area contributed by atoms with Crippen molar-refractivity contribution in [1.82, 2.24) is 4.90 Å². The van der Waals surface area contributed by atoms with E-state index < -0.39 is 23.8 Å². The minimum atomic E-state index is -0.951. The standard InChI is InChI=1S/C21H20ClNO4S/c1-13(2)18(23-19(24)16-5-3-4-6-17(16)20(23)25)21(26)27-11-12-28-15-9-7-14(22)8-10-15/h3-10,13,18H,11-12H2,1-2H3/t18-/m0/s1. The SMILES string of the molecule is CC(C)[C@@H](C(=O)OCCSc1ccc(Cl)cc1)N1C(=O)c2ccccc2C1=O. The molecule has 7 heteroatoms. The number of carbonyl (C=O) groups is 3. The molecule has 0 saturated heterocycles. The molecule has 1 atom stereocenters. The molecule has 2 aromatic carbocycles. The van der Waals surface area contributed by atoms with E-state index in [1.807, 2.05) is 12.1 Å². The highest BCUT2D eigenvalue weighted by atomic mass is 35.5. The number of carbonyl (C=O) groups excluding carboxylic acids is 3. The maximum absolute atomic E-state index is 12.7. The van der Waals surface area contributed by atoms with E-state index in [0.29, 0.717) is 21.9 Å². The fourth-order valence-corrected chi connectivity index (χ4v) is 3.91. The van der Waals surface area contributed by atoms with Crippen molar-refractivity contribution in [3.63, 3.8) is 0 Å². The summed E-state index contributed by atoms with van der Waals surface area (Å²) < 4.78 is 5.39. The van der Waals surface area contributed by atoms with Crippen molar-refractivity contribution >= 4 is 41.1 Å². The number of fused-ring (bicyclic) bond motifs is 1. The van der Waals surface area contributed by atoms with Crippen molar-refractivity contribution in [1.29, 1.82) is 0 Å². The van der Waals surface area contributed by atoms with Crippen molar-refractivity contribution in [3.8, 4) is 0 Å². The molecule has 0 radical (unpaired) electrons. The molecule has 1 heterocycles. The normalized spacial score (nSPS) is 14.4. The molecule has 3 rings (SSSR count). The van der Waals surface area contributed by atoms with Crippen LogP contribution in [-0.4, -0.2) is 41.1 Å². The predicted octanol–water partition coefficient (Wildman–Crippen LogP) is 4.30. The Hall–Kier alpha value is -2.31. The summed E-state index contributed by atoms with van der Waals surface area (Å²) in [4.78, 5) is 40.1.